The number of rotatable bonds is 3. The van der Waals surface area contributed by atoms with Crippen LogP contribution in [0, 0.1) is 5.92 Å². The fourth-order valence-electron chi connectivity index (χ4n) is 2.83. The Morgan fingerprint density at radius 2 is 1.80 bits per heavy atom. The average Bonchev–Trinajstić information content (AvgIpc) is 2.71. The zero-order chi connectivity index (χ0) is 10.7. The predicted octanol–water partition coefficient (Wildman–Crippen LogP) is 1.87. The third kappa shape index (κ3) is 2.92. The molecule has 0 radical (unpaired) electrons. The maximum absolute atomic E-state index is 5.49. The summed E-state index contributed by atoms with van der Waals surface area (Å²) in [5.74, 6) is 0.824. The Morgan fingerprint density at radius 1 is 1.13 bits per heavy atom. The second kappa shape index (κ2) is 5.28. The molecule has 88 valence electrons. The van der Waals surface area contributed by atoms with Crippen LogP contribution < -0.4 is 0 Å². The van der Waals surface area contributed by atoms with Crippen molar-refractivity contribution in [2.45, 2.75) is 44.9 Å². The molecule has 0 N–H and O–H groups in total. The van der Waals surface area contributed by atoms with Gasteiger partial charge < -0.3 is 9.47 Å². The van der Waals surface area contributed by atoms with E-state index in [2.05, 4.69) is 18.9 Å². The van der Waals surface area contributed by atoms with E-state index in [0.717, 1.165) is 31.7 Å². The van der Waals surface area contributed by atoms with Crippen molar-refractivity contribution in [3.05, 3.63) is 0 Å². The van der Waals surface area contributed by atoms with Crippen LogP contribution in [0.15, 0.2) is 0 Å². The summed E-state index contributed by atoms with van der Waals surface area (Å²) in [6.45, 7) is 4.82. The molecule has 1 heterocycles. The van der Waals surface area contributed by atoms with E-state index in [-0.39, 0.29) is 6.29 Å². The van der Waals surface area contributed by atoms with Gasteiger partial charge in [-0.05, 0) is 25.8 Å². The minimum atomic E-state index is 0.0177. The van der Waals surface area contributed by atoms with Crippen molar-refractivity contribution in [3.8, 4) is 0 Å². The Kier molecular flexibility index (Phi) is 4.00. The summed E-state index contributed by atoms with van der Waals surface area (Å²) in [6.07, 6.45) is 5.52. The lowest BCUT2D eigenvalue weighted by Gasteiger charge is -2.37. The highest BCUT2D eigenvalue weighted by Crippen LogP contribution is 2.27. The van der Waals surface area contributed by atoms with Gasteiger partial charge in [0.2, 0.25) is 0 Å². The molecule has 0 spiro atoms. The highest BCUT2D eigenvalue weighted by Gasteiger charge is 2.27. The van der Waals surface area contributed by atoms with Crippen LogP contribution in [0.2, 0.25) is 0 Å². The monoisotopic (exact) mass is 213 g/mol. The van der Waals surface area contributed by atoms with Crippen molar-refractivity contribution in [1.82, 2.24) is 4.90 Å². The third-order valence-corrected chi connectivity index (χ3v) is 3.76. The van der Waals surface area contributed by atoms with Gasteiger partial charge >= 0.3 is 0 Å². The van der Waals surface area contributed by atoms with Crippen LogP contribution in [-0.2, 0) is 9.47 Å². The van der Waals surface area contributed by atoms with Crippen LogP contribution in [0.25, 0.3) is 0 Å². The zero-order valence-corrected chi connectivity index (χ0v) is 9.95. The van der Waals surface area contributed by atoms with Crippen LogP contribution >= 0.6 is 0 Å². The highest BCUT2D eigenvalue weighted by molar-refractivity contribution is 4.80. The van der Waals surface area contributed by atoms with E-state index in [4.69, 9.17) is 9.47 Å². The van der Waals surface area contributed by atoms with Crippen molar-refractivity contribution in [2.24, 2.45) is 5.92 Å². The summed E-state index contributed by atoms with van der Waals surface area (Å²) in [4.78, 5) is 2.43. The predicted molar refractivity (Wildman–Crippen MR) is 59.7 cm³/mol. The molecule has 0 bridgehead atoms. The topological polar surface area (TPSA) is 21.7 Å². The van der Waals surface area contributed by atoms with E-state index in [9.17, 15) is 0 Å². The number of likely N-dealkylation sites (N-methyl/N-ethyl adjacent to an activating group) is 1. The minimum Gasteiger partial charge on any atom is -0.349 e. The summed E-state index contributed by atoms with van der Waals surface area (Å²) in [6, 6.07) is 0.728. The van der Waals surface area contributed by atoms with E-state index in [1.165, 1.54) is 25.7 Å². The Hall–Kier alpha value is -0.120. The fraction of sp³-hybridized carbons (Fsp3) is 1.00. The van der Waals surface area contributed by atoms with Gasteiger partial charge in [0.15, 0.2) is 6.29 Å². The molecular formula is C12H23NO2. The van der Waals surface area contributed by atoms with Gasteiger partial charge in [-0.2, -0.15) is 0 Å². The molecule has 1 saturated carbocycles. The van der Waals surface area contributed by atoms with Crippen LogP contribution in [0.1, 0.15) is 32.6 Å². The molecule has 2 rings (SSSR count). The maximum atomic E-state index is 5.49. The van der Waals surface area contributed by atoms with Gasteiger partial charge in [-0.3, -0.25) is 4.90 Å². The van der Waals surface area contributed by atoms with Crippen molar-refractivity contribution in [3.63, 3.8) is 0 Å². The molecule has 15 heavy (non-hydrogen) atoms. The number of nitrogens with zero attached hydrogens (tertiary/aromatic N) is 1. The Bertz CT molecular complexity index is 192. The molecule has 0 unspecified atom stereocenters. The lowest BCUT2D eigenvalue weighted by Crippen LogP contribution is -2.42. The SMILES string of the molecule is C[C@H]1CCCC[C@@H]1N(C)CC1OCCO1. The minimum absolute atomic E-state index is 0.0177. The maximum Gasteiger partial charge on any atom is 0.170 e. The largest absolute Gasteiger partial charge is 0.349 e. The van der Waals surface area contributed by atoms with E-state index < -0.39 is 0 Å². The first-order valence-corrected chi connectivity index (χ1v) is 6.21. The first-order chi connectivity index (χ1) is 7.27. The molecule has 1 saturated heterocycles. The van der Waals surface area contributed by atoms with Crippen molar-refractivity contribution in [2.75, 3.05) is 26.8 Å². The van der Waals surface area contributed by atoms with Crippen LogP contribution in [-0.4, -0.2) is 44.0 Å². The van der Waals surface area contributed by atoms with Crippen LogP contribution in [0.4, 0.5) is 0 Å². The van der Waals surface area contributed by atoms with Gasteiger partial charge in [0.1, 0.15) is 0 Å². The molecule has 1 aliphatic heterocycles. The fourth-order valence-corrected chi connectivity index (χ4v) is 2.83. The molecule has 0 aromatic carbocycles. The zero-order valence-electron chi connectivity index (χ0n) is 9.95. The summed E-state index contributed by atoms with van der Waals surface area (Å²) >= 11 is 0. The van der Waals surface area contributed by atoms with E-state index in [1.54, 1.807) is 0 Å². The smallest absolute Gasteiger partial charge is 0.170 e. The molecule has 0 aromatic rings. The van der Waals surface area contributed by atoms with E-state index in [0.29, 0.717) is 0 Å². The number of ether oxygens (including phenoxy) is 2. The van der Waals surface area contributed by atoms with Gasteiger partial charge in [-0.25, -0.2) is 0 Å². The van der Waals surface area contributed by atoms with Crippen LogP contribution in [0.3, 0.4) is 0 Å². The lowest BCUT2D eigenvalue weighted by atomic mass is 9.85. The Morgan fingerprint density at radius 3 is 2.47 bits per heavy atom. The van der Waals surface area contributed by atoms with Crippen molar-refractivity contribution < 1.29 is 9.47 Å². The molecular weight excluding hydrogens is 190 g/mol. The molecule has 1 aliphatic carbocycles. The van der Waals surface area contributed by atoms with E-state index in [1.807, 2.05) is 0 Å². The molecule has 2 fully saturated rings. The van der Waals surface area contributed by atoms with Crippen molar-refractivity contribution >= 4 is 0 Å². The lowest BCUT2D eigenvalue weighted by molar-refractivity contribution is -0.0692. The van der Waals surface area contributed by atoms with Gasteiger partial charge in [0.05, 0.1) is 13.2 Å². The van der Waals surface area contributed by atoms with Gasteiger partial charge in [-0.15, -0.1) is 0 Å². The van der Waals surface area contributed by atoms with Gasteiger partial charge in [0.25, 0.3) is 0 Å². The van der Waals surface area contributed by atoms with Gasteiger partial charge in [-0.1, -0.05) is 19.8 Å². The standard InChI is InChI=1S/C12H23NO2/c1-10-5-3-4-6-11(10)13(2)9-12-14-7-8-15-12/h10-12H,3-9H2,1-2H3/t10-,11-/m0/s1. The summed E-state index contributed by atoms with van der Waals surface area (Å²) in [7, 11) is 2.21. The number of hydrogen-bond acceptors (Lipinski definition) is 3. The second-order valence-corrected chi connectivity index (χ2v) is 4.94. The van der Waals surface area contributed by atoms with Gasteiger partial charge in [0, 0.05) is 12.6 Å². The second-order valence-electron chi connectivity index (χ2n) is 4.94. The summed E-state index contributed by atoms with van der Waals surface area (Å²) < 4.78 is 11.0. The summed E-state index contributed by atoms with van der Waals surface area (Å²) in [5.41, 5.74) is 0. The third-order valence-electron chi connectivity index (χ3n) is 3.76. The summed E-state index contributed by atoms with van der Waals surface area (Å²) in [5, 5.41) is 0. The van der Waals surface area contributed by atoms with E-state index >= 15 is 0 Å². The molecule has 2 atom stereocenters. The molecule has 3 heteroatoms. The molecule has 0 aromatic heterocycles. The average molecular weight is 213 g/mol. The quantitative estimate of drug-likeness (QED) is 0.714. The molecule has 2 aliphatic rings. The van der Waals surface area contributed by atoms with Crippen LogP contribution in [0.5, 0.6) is 0 Å². The first-order valence-electron chi connectivity index (χ1n) is 6.21. The first kappa shape index (κ1) is 11.4. The molecule has 3 nitrogen and oxygen atoms in total. The Labute approximate surface area is 92.7 Å². The molecule has 0 amide bonds. The highest BCUT2D eigenvalue weighted by atomic mass is 16.7. The Balaban J connectivity index is 1.80. The normalized spacial score (nSPS) is 33.8. The number of hydrogen-bond donors (Lipinski definition) is 0. The van der Waals surface area contributed by atoms with Crippen molar-refractivity contribution in [1.29, 1.82) is 0 Å².